The fourth-order valence-electron chi connectivity index (χ4n) is 3.16. The van der Waals surface area contributed by atoms with Crippen molar-refractivity contribution in [2.24, 2.45) is 5.92 Å². The average molecular weight is 280 g/mol. The van der Waals surface area contributed by atoms with E-state index >= 15 is 0 Å². The molecule has 1 aliphatic rings. The molecular formula is C16H28N2S. The minimum Gasteiger partial charge on any atom is -0.314 e. The maximum absolute atomic E-state index is 3.76. The third-order valence-electron chi connectivity index (χ3n) is 4.12. The lowest BCUT2D eigenvalue weighted by Crippen LogP contribution is -2.43. The molecule has 1 saturated carbocycles. The first-order valence-electron chi connectivity index (χ1n) is 7.74. The molecule has 0 aromatic carbocycles. The van der Waals surface area contributed by atoms with E-state index in [1.165, 1.54) is 50.1 Å². The van der Waals surface area contributed by atoms with E-state index < -0.39 is 0 Å². The van der Waals surface area contributed by atoms with Crippen LogP contribution in [0.2, 0.25) is 0 Å². The molecule has 1 aromatic rings. The van der Waals surface area contributed by atoms with Gasteiger partial charge in [-0.25, -0.2) is 0 Å². The van der Waals surface area contributed by atoms with E-state index in [9.17, 15) is 0 Å². The van der Waals surface area contributed by atoms with Crippen molar-refractivity contribution in [3.8, 4) is 0 Å². The van der Waals surface area contributed by atoms with E-state index in [0.29, 0.717) is 0 Å². The van der Waals surface area contributed by atoms with Crippen LogP contribution in [0.5, 0.6) is 0 Å². The molecule has 0 radical (unpaired) electrons. The van der Waals surface area contributed by atoms with Crippen LogP contribution in [0.4, 0.5) is 0 Å². The smallest absolute Gasteiger partial charge is 0.0324 e. The summed E-state index contributed by atoms with van der Waals surface area (Å²) in [7, 11) is 2.27. The van der Waals surface area contributed by atoms with Crippen molar-refractivity contribution in [3.05, 3.63) is 22.4 Å². The molecule has 2 rings (SSSR count). The van der Waals surface area contributed by atoms with Gasteiger partial charge in [-0.1, -0.05) is 25.8 Å². The summed E-state index contributed by atoms with van der Waals surface area (Å²) >= 11 is 1.87. The van der Waals surface area contributed by atoms with Gasteiger partial charge in [-0.15, -0.1) is 11.3 Å². The van der Waals surface area contributed by atoms with Gasteiger partial charge in [-0.3, -0.25) is 0 Å². The Morgan fingerprint density at radius 1 is 1.37 bits per heavy atom. The summed E-state index contributed by atoms with van der Waals surface area (Å²) < 4.78 is 0. The van der Waals surface area contributed by atoms with Crippen LogP contribution in [0.15, 0.2) is 17.5 Å². The van der Waals surface area contributed by atoms with E-state index in [1.54, 1.807) is 0 Å². The van der Waals surface area contributed by atoms with E-state index in [-0.39, 0.29) is 0 Å². The van der Waals surface area contributed by atoms with Crippen LogP contribution in [-0.4, -0.2) is 31.1 Å². The molecule has 0 amide bonds. The zero-order chi connectivity index (χ0) is 13.5. The third-order valence-corrected chi connectivity index (χ3v) is 4.98. The van der Waals surface area contributed by atoms with Gasteiger partial charge in [0.25, 0.3) is 0 Å². The Morgan fingerprint density at radius 2 is 2.21 bits per heavy atom. The van der Waals surface area contributed by atoms with Gasteiger partial charge in [-0.2, -0.15) is 0 Å². The van der Waals surface area contributed by atoms with Crippen molar-refractivity contribution in [2.75, 3.05) is 20.1 Å². The molecular weight excluding hydrogens is 252 g/mol. The first-order valence-corrected chi connectivity index (χ1v) is 8.62. The average Bonchev–Trinajstić information content (AvgIpc) is 2.90. The van der Waals surface area contributed by atoms with Gasteiger partial charge in [0, 0.05) is 24.0 Å². The molecule has 2 unspecified atom stereocenters. The molecule has 3 heteroatoms. The molecule has 108 valence electrons. The summed E-state index contributed by atoms with van der Waals surface area (Å²) in [5.74, 6) is 0.838. The standard InChI is InChI=1S/C16H28N2S/c1-3-10-17-16-9-5-4-7-14(16)12-18(2)13-15-8-6-11-19-15/h6,8,11,14,16-17H,3-5,7,9-10,12-13H2,1-2H3. The highest BCUT2D eigenvalue weighted by Crippen LogP contribution is 2.25. The molecule has 1 heterocycles. The van der Waals surface area contributed by atoms with Crippen LogP contribution < -0.4 is 5.32 Å². The van der Waals surface area contributed by atoms with Gasteiger partial charge in [0.15, 0.2) is 0 Å². The largest absolute Gasteiger partial charge is 0.314 e. The highest BCUT2D eigenvalue weighted by molar-refractivity contribution is 7.09. The van der Waals surface area contributed by atoms with Crippen LogP contribution in [0.1, 0.15) is 43.9 Å². The van der Waals surface area contributed by atoms with Gasteiger partial charge >= 0.3 is 0 Å². The van der Waals surface area contributed by atoms with Crippen LogP contribution in [-0.2, 0) is 6.54 Å². The summed E-state index contributed by atoms with van der Waals surface area (Å²) in [6.45, 7) is 5.78. The lowest BCUT2D eigenvalue weighted by molar-refractivity contribution is 0.186. The number of nitrogens with one attached hydrogen (secondary N) is 1. The van der Waals surface area contributed by atoms with Crippen LogP contribution in [0.25, 0.3) is 0 Å². The van der Waals surface area contributed by atoms with Crippen LogP contribution in [0, 0.1) is 5.92 Å². The molecule has 2 nitrogen and oxygen atoms in total. The lowest BCUT2D eigenvalue weighted by Gasteiger charge is -2.35. The highest BCUT2D eigenvalue weighted by atomic mass is 32.1. The molecule has 0 saturated heterocycles. The summed E-state index contributed by atoms with van der Waals surface area (Å²) in [5, 5.41) is 5.94. The second kappa shape index (κ2) is 8.03. The maximum Gasteiger partial charge on any atom is 0.0324 e. The van der Waals surface area contributed by atoms with Crippen LogP contribution >= 0.6 is 11.3 Å². The summed E-state index contributed by atoms with van der Waals surface area (Å²) in [4.78, 5) is 3.99. The molecule has 0 aliphatic heterocycles. The Balaban J connectivity index is 1.80. The quantitative estimate of drug-likeness (QED) is 0.818. The molecule has 0 bridgehead atoms. The van der Waals surface area contributed by atoms with E-state index in [0.717, 1.165) is 18.5 Å². The van der Waals surface area contributed by atoms with Gasteiger partial charge in [-0.05, 0) is 50.2 Å². The van der Waals surface area contributed by atoms with Crippen LogP contribution in [0.3, 0.4) is 0 Å². The van der Waals surface area contributed by atoms with Crippen molar-refractivity contribution in [2.45, 2.75) is 51.6 Å². The molecule has 1 fully saturated rings. The van der Waals surface area contributed by atoms with Crippen molar-refractivity contribution in [1.29, 1.82) is 0 Å². The normalized spacial score (nSPS) is 23.9. The number of hydrogen-bond acceptors (Lipinski definition) is 3. The first-order chi connectivity index (χ1) is 9.29. The zero-order valence-electron chi connectivity index (χ0n) is 12.4. The Bertz CT molecular complexity index is 337. The topological polar surface area (TPSA) is 15.3 Å². The Hall–Kier alpha value is -0.380. The van der Waals surface area contributed by atoms with E-state index in [1.807, 2.05) is 11.3 Å². The second-order valence-corrected chi connectivity index (χ2v) is 6.91. The van der Waals surface area contributed by atoms with E-state index in [2.05, 4.69) is 41.7 Å². The van der Waals surface area contributed by atoms with Crippen molar-refractivity contribution < 1.29 is 0 Å². The lowest BCUT2D eigenvalue weighted by atomic mass is 9.84. The Morgan fingerprint density at radius 3 is 2.95 bits per heavy atom. The predicted molar refractivity (Wildman–Crippen MR) is 84.7 cm³/mol. The minimum absolute atomic E-state index is 0.750. The van der Waals surface area contributed by atoms with Crippen molar-refractivity contribution in [3.63, 3.8) is 0 Å². The molecule has 0 spiro atoms. The van der Waals surface area contributed by atoms with Crippen molar-refractivity contribution in [1.82, 2.24) is 10.2 Å². The molecule has 19 heavy (non-hydrogen) atoms. The summed E-state index contributed by atoms with van der Waals surface area (Å²) in [6.07, 6.45) is 6.84. The number of nitrogens with zero attached hydrogens (tertiary/aromatic N) is 1. The van der Waals surface area contributed by atoms with Crippen molar-refractivity contribution >= 4 is 11.3 Å². The highest BCUT2D eigenvalue weighted by Gasteiger charge is 2.25. The number of rotatable bonds is 7. The Labute approximate surface area is 122 Å². The zero-order valence-corrected chi connectivity index (χ0v) is 13.2. The maximum atomic E-state index is 3.76. The monoisotopic (exact) mass is 280 g/mol. The fourth-order valence-corrected chi connectivity index (χ4v) is 3.94. The summed E-state index contributed by atoms with van der Waals surface area (Å²) in [6, 6.07) is 5.15. The van der Waals surface area contributed by atoms with Gasteiger partial charge in [0.05, 0.1) is 0 Å². The van der Waals surface area contributed by atoms with Gasteiger partial charge in [0.2, 0.25) is 0 Å². The minimum atomic E-state index is 0.750. The number of hydrogen-bond donors (Lipinski definition) is 1. The van der Waals surface area contributed by atoms with E-state index in [4.69, 9.17) is 0 Å². The SMILES string of the molecule is CCCNC1CCCCC1CN(C)Cc1cccs1. The predicted octanol–water partition coefficient (Wildman–Crippen LogP) is 3.74. The van der Waals surface area contributed by atoms with Gasteiger partial charge < -0.3 is 10.2 Å². The van der Waals surface area contributed by atoms with Gasteiger partial charge in [0.1, 0.15) is 0 Å². The second-order valence-electron chi connectivity index (χ2n) is 5.88. The molecule has 1 aliphatic carbocycles. The fraction of sp³-hybridized carbons (Fsp3) is 0.750. The summed E-state index contributed by atoms with van der Waals surface area (Å²) in [5.41, 5.74) is 0. The third kappa shape index (κ3) is 4.90. The number of thiophene rings is 1. The Kier molecular flexibility index (Phi) is 6.35. The molecule has 2 atom stereocenters. The first kappa shape index (κ1) is 15.0. The molecule has 1 N–H and O–H groups in total. The molecule has 1 aromatic heterocycles.